The standard InChI is InChI=1S/C17H16F3N3O3/c18-17(19,20)12-3-1-2-11(8-12)16(26)4-6-23(7-5-16)15(25)13-9-21-10-22-14(13)24/h1-3,8-10,26H,4-7H2,(H,21,22,24). The quantitative estimate of drug-likeness (QED) is 0.849. The van der Waals surface area contributed by atoms with E-state index in [2.05, 4.69) is 9.97 Å². The zero-order chi connectivity index (χ0) is 18.9. The van der Waals surface area contributed by atoms with Crippen molar-refractivity contribution >= 4 is 5.91 Å². The monoisotopic (exact) mass is 367 g/mol. The maximum Gasteiger partial charge on any atom is 0.416 e. The van der Waals surface area contributed by atoms with Gasteiger partial charge in [-0.2, -0.15) is 13.2 Å². The van der Waals surface area contributed by atoms with Crippen LogP contribution in [0.3, 0.4) is 0 Å². The van der Waals surface area contributed by atoms with Crippen LogP contribution in [0.4, 0.5) is 13.2 Å². The summed E-state index contributed by atoms with van der Waals surface area (Å²) in [6, 6.07) is 4.57. The zero-order valence-corrected chi connectivity index (χ0v) is 13.6. The van der Waals surface area contributed by atoms with Crippen molar-refractivity contribution in [2.75, 3.05) is 13.1 Å². The highest BCUT2D eigenvalue weighted by Gasteiger charge is 2.38. The molecular weight excluding hydrogens is 351 g/mol. The van der Waals surface area contributed by atoms with Crippen molar-refractivity contribution in [2.45, 2.75) is 24.6 Å². The molecule has 2 aromatic rings. The fourth-order valence-corrected chi connectivity index (χ4v) is 3.02. The lowest BCUT2D eigenvalue weighted by atomic mass is 9.83. The van der Waals surface area contributed by atoms with Gasteiger partial charge in [-0.3, -0.25) is 9.59 Å². The van der Waals surface area contributed by atoms with E-state index in [1.165, 1.54) is 23.4 Å². The number of hydrogen-bond acceptors (Lipinski definition) is 4. The van der Waals surface area contributed by atoms with Crippen LogP contribution in [0.15, 0.2) is 41.6 Å². The number of amides is 1. The first-order valence-electron chi connectivity index (χ1n) is 7.93. The summed E-state index contributed by atoms with van der Waals surface area (Å²) in [5.41, 5.74) is -2.80. The minimum absolute atomic E-state index is 0.0677. The molecule has 1 aromatic heterocycles. The summed E-state index contributed by atoms with van der Waals surface area (Å²) in [5, 5.41) is 10.8. The van der Waals surface area contributed by atoms with E-state index < -0.39 is 28.8 Å². The number of benzene rings is 1. The first-order chi connectivity index (χ1) is 12.2. The van der Waals surface area contributed by atoms with Crippen LogP contribution < -0.4 is 5.56 Å². The zero-order valence-electron chi connectivity index (χ0n) is 13.6. The van der Waals surface area contributed by atoms with Gasteiger partial charge < -0.3 is 15.0 Å². The van der Waals surface area contributed by atoms with E-state index in [0.29, 0.717) is 0 Å². The average molecular weight is 367 g/mol. The highest BCUT2D eigenvalue weighted by Crippen LogP contribution is 2.36. The van der Waals surface area contributed by atoms with Crippen molar-refractivity contribution in [3.05, 3.63) is 63.8 Å². The summed E-state index contributed by atoms with van der Waals surface area (Å²) in [4.78, 5) is 31.5. The number of carbonyl (C=O) groups excluding carboxylic acids is 1. The van der Waals surface area contributed by atoms with Gasteiger partial charge in [-0.25, -0.2) is 4.98 Å². The summed E-state index contributed by atoms with van der Waals surface area (Å²) in [6.07, 6.45) is -2.03. The van der Waals surface area contributed by atoms with E-state index in [1.807, 2.05) is 0 Å². The molecule has 0 saturated carbocycles. The normalized spacial score (nSPS) is 17.2. The summed E-state index contributed by atoms with van der Waals surface area (Å²) >= 11 is 0. The molecule has 0 atom stereocenters. The molecular formula is C17H16F3N3O3. The van der Waals surface area contributed by atoms with Crippen molar-refractivity contribution < 1.29 is 23.1 Å². The first-order valence-corrected chi connectivity index (χ1v) is 7.93. The molecule has 2 N–H and O–H groups in total. The minimum Gasteiger partial charge on any atom is -0.385 e. The molecule has 1 aliphatic rings. The van der Waals surface area contributed by atoms with Gasteiger partial charge >= 0.3 is 6.18 Å². The number of piperidine rings is 1. The van der Waals surface area contributed by atoms with Gasteiger partial charge in [0, 0.05) is 19.3 Å². The highest BCUT2D eigenvalue weighted by molar-refractivity contribution is 5.93. The third kappa shape index (κ3) is 3.48. The number of H-pyrrole nitrogens is 1. The molecule has 1 aliphatic heterocycles. The number of likely N-dealkylation sites (tertiary alicyclic amines) is 1. The Morgan fingerprint density at radius 3 is 2.58 bits per heavy atom. The van der Waals surface area contributed by atoms with Crippen LogP contribution in [0.1, 0.15) is 34.3 Å². The SMILES string of the molecule is O=C(c1cnc[nH]c1=O)N1CCC(O)(c2cccc(C(F)(F)F)c2)CC1. The van der Waals surface area contributed by atoms with Gasteiger partial charge in [-0.05, 0) is 30.5 Å². The number of nitrogens with one attached hydrogen (secondary N) is 1. The van der Waals surface area contributed by atoms with E-state index in [4.69, 9.17) is 0 Å². The molecule has 0 aliphatic carbocycles. The van der Waals surface area contributed by atoms with Crippen molar-refractivity contribution in [2.24, 2.45) is 0 Å². The molecule has 9 heteroatoms. The van der Waals surface area contributed by atoms with Crippen LogP contribution in [0, 0.1) is 0 Å². The third-order valence-corrected chi connectivity index (χ3v) is 4.55. The van der Waals surface area contributed by atoms with Gasteiger partial charge in [-0.1, -0.05) is 12.1 Å². The van der Waals surface area contributed by atoms with Crippen molar-refractivity contribution in [1.82, 2.24) is 14.9 Å². The van der Waals surface area contributed by atoms with E-state index >= 15 is 0 Å². The molecule has 1 amide bonds. The number of rotatable bonds is 2. The van der Waals surface area contributed by atoms with Crippen LogP contribution in [-0.4, -0.2) is 39.0 Å². The molecule has 3 rings (SSSR count). The second-order valence-corrected chi connectivity index (χ2v) is 6.20. The molecule has 26 heavy (non-hydrogen) atoms. The molecule has 0 unspecified atom stereocenters. The molecule has 1 aromatic carbocycles. The Bertz CT molecular complexity index is 871. The van der Waals surface area contributed by atoms with Crippen molar-refractivity contribution in [1.29, 1.82) is 0 Å². The maximum absolute atomic E-state index is 12.9. The molecule has 1 saturated heterocycles. The number of aromatic amines is 1. The number of halogens is 3. The van der Waals surface area contributed by atoms with Gasteiger partial charge in [-0.15, -0.1) is 0 Å². The predicted molar refractivity (Wildman–Crippen MR) is 85.3 cm³/mol. The second kappa shape index (κ2) is 6.56. The first kappa shape index (κ1) is 18.1. The Balaban J connectivity index is 1.76. The summed E-state index contributed by atoms with van der Waals surface area (Å²) in [5.74, 6) is -0.523. The smallest absolute Gasteiger partial charge is 0.385 e. The molecule has 1 fully saturated rings. The Morgan fingerprint density at radius 1 is 1.27 bits per heavy atom. The van der Waals surface area contributed by atoms with Gasteiger partial charge in [0.05, 0.1) is 17.5 Å². The highest BCUT2D eigenvalue weighted by atomic mass is 19.4. The van der Waals surface area contributed by atoms with E-state index in [9.17, 15) is 27.9 Å². The lowest BCUT2D eigenvalue weighted by Gasteiger charge is -2.38. The van der Waals surface area contributed by atoms with Crippen LogP contribution >= 0.6 is 0 Å². The molecule has 0 spiro atoms. The molecule has 0 bridgehead atoms. The summed E-state index contributed by atoms with van der Waals surface area (Å²) in [7, 11) is 0. The molecule has 6 nitrogen and oxygen atoms in total. The maximum atomic E-state index is 12.9. The Labute approximate surface area is 146 Å². The lowest BCUT2D eigenvalue weighted by molar-refractivity contribution is -0.137. The van der Waals surface area contributed by atoms with Crippen LogP contribution in [0.5, 0.6) is 0 Å². The molecule has 138 valence electrons. The van der Waals surface area contributed by atoms with Gasteiger partial charge in [0.2, 0.25) is 0 Å². The fourth-order valence-electron chi connectivity index (χ4n) is 3.02. The van der Waals surface area contributed by atoms with Crippen LogP contribution in [0.2, 0.25) is 0 Å². The number of aromatic nitrogens is 2. The second-order valence-electron chi connectivity index (χ2n) is 6.20. The lowest BCUT2D eigenvalue weighted by Crippen LogP contribution is -2.46. The van der Waals surface area contributed by atoms with Crippen molar-refractivity contribution in [3.8, 4) is 0 Å². The molecule has 2 heterocycles. The fraction of sp³-hybridized carbons (Fsp3) is 0.353. The van der Waals surface area contributed by atoms with E-state index in [0.717, 1.165) is 18.3 Å². The van der Waals surface area contributed by atoms with Crippen molar-refractivity contribution in [3.63, 3.8) is 0 Å². The Kier molecular flexibility index (Phi) is 4.57. The minimum atomic E-state index is -4.50. The Morgan fingerprint density at radius 2 is 1.96 bits per heavy atom. The number of nitrogens with zero attached hydrogens (tertiary/aromatic N) is 2. The summed E-state index contributed by atoms with van der Waals surface area (Å²) < 4.78 is 38.6. The van der Waals surface area contributed by atoms with Crippen LogP contribution in [0.25, 0.3) is 0 Å². The van der Waals surface area contributed by atoms with Gasteiger partial charge in [0.25, 0.3) is 11.5 Å². The topological polar surface area (TPSA) is 86.3 Å². The molecule has 0 radical (unpaired) electrons. The van der Waals surface area contributed by atoms with Gasteiger partial charge in [0.1, 0.15) is 5.56 Å². The predicted octanol–water partition coefficient (Wildman–Crippen LogP) is 1.91. The number of hydrogen-bond donors (Lipinski definition) is 2. The van der Waals surface area contributed by atoms with E-state index in [1.54, 1.807) is 0 Å². The third-order valence-electron chi connectivity index (χ3n) is 4.55. The number of aliphatic hydroxyl groups is 1. The average Bonchev–Trinajstić information content (AvgIpc) is 2.62. The van der Waals surface area contributed by atoms with Gasteiger partial charge in [0.15, 0.2) is 0 Å². The largest absolute Gasteiger partial charge is 0.416 e. The van der Waals surface area contributed by atoms with Crippen LogP contribution in [-0.2, 0) is 11.8 Å². The number of alkyl halides is 3. The summed E-state index contributed by atoms with van der Waals surface area (Å²) in [6.45, 7) is 0.222. The van der Waals surface area contributed by atoms with E-state index in [-0.39, 0.29) is 37.1 Å². The Hall–Kier alpha value is -2.68. The number of carbonyl (C=O) groups is 1.